The van der Waals surface area contributed by atoms with E-state index in [4.69, 9.17) is 9.47 Å². The van der Waals surface area contributed by atoms with Crippen molar-refractivity contribution in [3.05, 3.63) is 64.3 Å². The molecule has 0 spiro atoms. The number of hydrogen-bond acceptors (Lipinski definition) is 5. The lowest BCUT2D eigenvalue weighted by Gasteiger charge is -2.09. The van der Waals surface area contributed by atoms with Crippen LogP contribution in [-0.4, -0.2) is 36.0 Å². The molecule has 0 saturated heterocycles. The average molecular weight is 443 g/mol. The third-order valence-electron chi connectivity index (χ3n) is 4.09. The third kappa shape index (κ3) is 4.40. The number of nitrogens with zero attached hydrogens (tertiary/aromatic N) is 2. The largest absolute Gasteiger partial charge is 0.493 e. The summed E-state index contributed by atoms with van der Waals surface area (Å²) in [6, 6.07) is 14.8. The van der Waals surface area contributed by atoms with Crippen LogP contribution in [0.3, 0.4) is 0 Å². The summed E-state index contributed by atoms with van der Waals surface area (Å²) < 4.78 is 11.5. The third-order valence-corrected chi connectivity index (χ3v) is 4.62. The Hall–Kier alpha value is -3.13. The van der Waals surface area contributed by atoms with Crippen molar-refractivity contribution in [1.29, 1.82) is 0 Å². The molecule has 0 unspecified atom stereocenters. The van der Waals surface area contributed by atoms with E-state index in [1.54, 1.807) is 39.3 Å². The van der Waals surface area contributed by atoms with Crippen LogP contribution in [0.4, 0.5) is 0 Å². The van der Waals surface area contributed by atoms with Crippen LogP contribution in [0.25, 0.3) is 11.3 Å². The molecule has 0 atom stereocenters. The minimum Gasteiger partial charge on any atom is -0.493 e. The summed E-state index contributed by atoms with van der Waals surface area (Å²) in [5.41, 5.74) is 5.87. The number of H-pyrrole nitrogens is 1. The summed E-state index contributed by atoms with van der Waals surface area (Å²) >= 11 is 3.39. The molecule has 0 aliphatic rings. The number of aromatic nitrogens is 2. The Bertz CT molecular complexity index is 1010. The molecule has 0 aliphatic heterocycles. The molecular weight excluding hydrogens is 424 g/mol. The fourth-order valence-electron chi connectivity index (χ4n) is 2.53. The smallest absolute Gasteiger partial charge is 0.289 e. The summed E-state index contributed by atoms with van der Waals surface area (Å²) in [4.78, 5) is 12.4. The number of methoxy groups -OCH3 is 2. The summed E-state index contributed by atoms with van der Waals surface area (Å²) in [7, 11) is 3.14. The highest BCUT2D eigenvalue weighted by Gasteiger charge is 2.11. The fraction of sp³-hybridized carbons (Fsp3) is 0.150. The van der Waals surface area contributed by atoms with Crippen molar-refractivity contribution in [2.45, 2.75) is 6.92 Å². The minimum atomic E-state index is -0.379. The van der Waals surface area contributed by atoms with Gasteiger partial charge in [-0.25, -0.2) is 5.43 Å². The molecule has 3 aromatic rings. The number of ether oxygens (including phenoxy) is 2. The zero-order valence-corrected chi connectivity index (χ0v) is 17.2. The van der Waals surface area contributed by atoms with E-state index in [-0.39, 0.29) is 5.91 Å². The molecule has 1 aromatic heterocycles. The van der Waals surface area contributed by atoms with Gasteiger partial charge in [-0.3, -0.25) is 9.89 Å². The van der Waals surface area contributed by atoms with Crippen LogP contribution in [0, 0.1) is 0 Å². The van der Waals surface area contributed by atoms with E-state index < -0.39 is 0 Å². The summed E-state index contributed by atoms with van der Waals surface area (Å²) in [6.07, 6.45) is 0. The van der Waals surface area contributed by atoms with Gasteiger partial charge in [0.05, 0.1) is 25.6 Å². The molecule has 0 aliphatic carbocycles. The van der Waals surface area contributed by atoms with Crippen LogP contribution in [0.1, 0.15) is 23.0 Å². The van der Waals surface area contributed by atoms with Gasteiger partial charge in [0.25, 0.3) is 5.91 Å². The standard InChI is InChI=1S/C20H19BrN4O3/c1-12(14-6-9-18(27-2)19(10-14)28-3)22-25-20(26)17-11-16(23-24-17)13-4-7-15(21)8-5-13/h4-11H,1-3H3,(H,23,24)(H,25,26)/b22-12-. The summed E-state index contributed by atoms with van der Waals surface area (Å²) in [5.74, 6) is 0.838. The van der Waals surface area contributed by atoms with Gasteiger partial charge in [0.1, 0.15) is 5.69 Å². The van der Waals surface area contributed by atoms with Crippen molar-refractivity contribution in [3.8, 4) is 22.8 Å². The van der Waals surface area contributed by atoms with E-state index in [2.05, 4.69) is 36.7 Å². The second kappa shape index (κ2) is 8.71. The van der Waals surface area contributed by atoms with Gasteiger partial charge in [0.15, 0.2) is 11.5 Å². The van der Waals surface area contributed by atoms with E-state index in [0.29, 0.717) is 28.6 Å². The molecule has 144 valence electrons. The van der Waals surface area contributed by atoms with Gasteiger partial charge in [-0.15, -0.1) is 0 Å². The topological polar surface area (TPSA) is 88.6 Å². The van der Waals surface area contributed by atoms with Crippen molar-refractivity contribution in [3.63, 3.8) is 0 Å². The van der Waals surface area contributed by atoms with E-state index >= 15 is 0 Å². The zero-order chi connectivity index (χ0) is 20.1. The number of amides is 1. The van der Waals surface area contributed by atoms with Gasteiger partial charge in [-0.1, -0.05) is 28.1 Å². The second-order valence-electron chi connectivity index (χ2n) is 5.88. The number of carbonyl (C=O) groups excluding carboxylic acids is 1. The lowest BCUT2D eigenvalue weighted by molar-refractivity contribution is 0.0950. The quantitative estimate of drug-likeness (QED) is 0.445. The fourth-order valence-corrected chi connectivity index (χ4v) is 2.79. The first kappa shape index (κ1) is 19.6. The Kier molecular flexibility index (Phi) is 6.10. The maximum Gasteiger partial charge on any atom is 0.289 e. The van der Waals surface area contributed by atoms with Crippen LogP contribution in [-0.2, 0) is 0 Å². The second-order valence-corrected chi connectivity index (χ2v) is 6.80. The predicted molar refractivity (Wildman–Crippen MR) is 111 cm³/mol. The van der Waals surface area contributed by atoms with Crippen LogP contribution >= 0.6 is 15.9 Å². The Morgan fingerprint density at radius 1 is 1.07 bits per heavy atom. The molecule has 8 heteroatoms. The number of halogens is 1. The van der Waals surface area contributed by atoms with Crippen molar-refractivity contribution in [1.82, 2.24) is 15.6 Å². The van der Waals surface area contributed by atoms with Crippen LogP contribution in [0.2, 0.25) is 0 Å². The Balaban J connectivity index is 1.72. The highest BCUT2D eigenvalue weighted by Crippen LogP contribution is 2.27. The Labute approximate surface area is 170 Å². The molecule has 0 saturated carbocycles. The molecule has 1 heterocycles. The number of carbonyl (C=O) groups is 1. The van der Waals surface area contributed by atoms with Crippen molar-refractivity contribution in [2.75, 3.05) is 14.2 Å². The maximum atomic E-state index is 12.4. The normalized spacial score (nSPS) is 11.2. The molecular formula is C20H19BrN4O3. The molecule has 7 nitrogen and oxygen atoms in total. The SMILES string of the molecule is COc1ccc(/C(C)=N\NC(=O)c2cc(-c3ccc(Br)cc3)n[nH]2)cc1OC. The van der Waals surface area contributed by atoms with Crippen molar-refractivity contribution >= 4 is 27.5 Å². The van der Waals surface area contributed by atoms with E-state index in [1.807, 2.05) is 30.3 Å². The predicted octanol–water partition coefficient (Wildman–Crippen LogP) is 4.01. The van der Waals surface area contributed by atoms with Crippen LogP contribution in [0.15, 0.2) is 58.1 Å². The van der Waals surface area contributed by atoms with Crippen molar-refractivity contribution < 1.29 is 14.3 Å². The van der Waals surface area contributed by atoms with Crippen molar-refractivity contribution in [2.24, 2.45) is 5.10 Å². The van der Waals surface area contributed by atoms with E-state index in [0.717, 1.165) is 15.6 Å². The number of rotatable bonds is 6. The number of benzene rings is 2. The molecule has 0 bridgehead atoms. The molecule has 2 aromatic carbocycles. The monoisotopic (exact) mass is 442 g/mol. The lowest BCUT2D eigenvalue weighted by atomic mass is 10.1. The first-order valence-electron chi connectivity index (χ1n) is 8.40. The van der Waals surface area contributed by atoms with Crippen LogP contribution < -0.4 is 14.9 Å². The molecule has 3 rings (SSSR count). The van der Waals surface area contributed by atoms with Gasteiger partial charge in [-0.05, 0) is 43.3 Å². The Morgan fingerprint density at radius 3 is 2.46 bits per heavy atom. The minimum absolute atomic E-state index is 0.321. The van der Waals surface area contributed by atoms with E-state index in [1.165, 1.54) is 0 Å². The van der Waals surface area contributed by atoms with Gasteiger partial charge < -0.3 is 9.47 Å². The molecule has 1 amide bonds. The lowest BCUT2D eigenvalue weighted by Crippen LogP contribution is -2.19. The zero-order valence-electron chi connectivity index (χ0n) is 15.6. The van der Waals surface area contributed by atoms with Gasteiger partial charge in [0.2, 0.25) is 0 Å². The van der Waals surface area contributed by atoms with Gasteiger partial charge in [0, 0.05) is 15.6 Å². The van der Waals surface area contributed by atoms with Crippen LogP contribution in [0.5, 0.6) is 11.5 Å². The highest BCUT2D eigenvalue weighted by atomic mass is 79.9. The van der Waals surface area contributed by atoms with Gasteiger partial charge >= 0.3 is 0 Å². The summed E-state index contributed by atoms with van der Waals surface area (Å²) in [6.45, 7) is 1.79. The maximum absolute atomic E-state index is 12.4. The number of aromatic amines is 1. The van der Waals surface area contributed by atoms with E-state index in [9.17, 15) is 4.79 Å². The van der Waals surface area contributed by atoms with Gasteiger partial charge in [-0.2, -0.15) is 10.2 Å². The first-order valence-corrected chi connectivity index (χ1v) is 9.19. The Morgan fingerprint density at radius 2 is 1.79 bits per heavy atom. The molecule has 2 N–H and O–H groups in total. The first-order chi connectivity index (χ1) is 13.5. The number of hydrazone groups is 1. The molecule has 28 heavy (non-hydrogen) atoms. The number of nitrogens with one attached hydrogen (secondary N) is 2. The molecule has 0 fully saturated rings. The highest BCUT2D eigenvalue weighted by molar-refractivity contribution is 9.10. The number of hydrogen-bond donors (Lipinski definition) is 2. The summed E-state index contributed by atoms with van der Waals surface area (Å²) in [5, 5.41) is 11.1. The molecule has 0 radical (unpaired) electrons. The average Bonchev–Trinajstić information content (AvgIpc) is 3.22.